The molecule has 3 rings (SSSR count). The maximum atomic E-state index is 11.3. The SMILES string of the molecule is Cc1c([N+](=O)[O-])c(OCCCNc2nc(Cl)ncc2Br)nn1C1COC1. The van der Waals surface area contributed by atoms with Crippen molar-refractivity contribution in [2.45, 2.75) is 19.4 Å². The van der Waals surface area contributed by atoms with Crippen LogP contribution in [-0.4, -0.2) is 51.0 Å². The molecule has 0 saturated carbocycles. The van der Waals surface area contributed by atoms with E-state index in [9.17, 15) is 10.1 Å². The van der Waals surface area contributed by atoms with Gasteiger partial charge in [-0.15, -0.1) is 5.10 Å². The Balaban J connectivity index is 1.56. The summed E-state index contributed by atoms with van der Waals surface area (Å²) in [6, 6.07) is 0.0209. The molecule has 140 valence electrons. The van der Waals surface area contributed by atoms with E-state index in [0.29, 0.717) is 42.2 Å². The van der Waals surface area contributed by atoms with Gasteiger partial charge in [-0.3, -0.25) is 14.8 Å². The second-order valence-corrected chi connectivity index (χ2v) is 6.79. The minimum atomic E-state index is -0.466. The highest BCUT2D eigenvalue weighted by atomic mass is 79.9. The molecule has 2 aromatic rings. The van der Waals surface area contributed by atoms with Gasteiger partial charge in [0.1, 0.15) is 11.5 Å². The van der Waals surface area contributed by atoms with Crippen LogP contribution in [0.15, 0.2) is 10.7 Å². The average Bonchev–Trinajstić information content (AvgIpc) is 2.85. The Morgan fingerprint density at radius 1 is 1.58 bits per heavy atom. The largest absolute Gasteiger partial charge is 0.472 e. The monoisotopic (exact) mass is 446 g/mol. The third kappa shape index (κ3) is 4.05. The summed E-state index contributed by atoms with van der Waals surface area (Å²) < 4.78 is 13.0. The number of nitrogens with zero attached hydrogens (tertiary/aromatic N) is 5. The predicted octanol–water partition coefficient (Wildman–Crippen LogP) is 2.76. The molecule has 2 aromatic heterocycles. The first kappa shape index (κ1) is 18.8. The summed E-state index contributed by atoms with van der Waals surface area (Å²) in [7, 11) is 0. The molecule has 0 aliphatic carbocycles. The highest BCUT2D eigenvalue weighted by Gasteiger charge is 2.32. The number of anilines is 1. The number of nitrogens with one attached hydrogen (secondary N) is 1. The first-order valence-electron chi connectivity index (χ1n) is 7.83. The zero-order valence-electron chi connectivity index (χ0n) is 13.8. The molecule has 0 radical (unpaired) electrons. The highest BCUT2D eigenvalue weighted by Crippen LogP contribution is 2.33. The van der Waals surface area contributed by atoms with Crippen LogP contribution < -0.4 is 10.1 Å². The van der Waals surface area contributed by atoms with Crippen molar-refractivity contribution in [1.82, 2.24) is 19.7 Å². The van der Waals surface area contributed by atoms with Gasteiger partial charge in [0.2, 0.25) is 5.28 Å². The fourth-order valence-electron chi connectivity index (χ4n) is 2.43. The van der Waals surface area contributed by atoms with Gasteiger partial charge in [0.25, 0.3) is 0 Å². The first-order chi connectivity index (χ1) is 12.5. The number of halogens is 2. The molecule has 0 bridgehead atoms. The number of aromatic nitrogens is 4. The minimum Gasteiger partial charge on any atom is -0.472 e. The van der Waals surface area contributed by atoms with Crippen LogP contribution in [0.4, 0.5) is 11.5 Å². The fraction of sp³-hybridized carbons (Fsp3) is 0.500. The van der Waals surface area contributed by atoms with E-state index >= 15 is 0 Å². The van der Waals surface area contributed by atoms with Crippen LogP contribution in [0.1, 0.15) is 18.2 Å². The van der Waals surface area contributed by atoms with Crippen molar-refractivity contribution < 1.29 is 14.4 Å². The second kappa shape index (κ2) is 8.14. The van der Waals surface area contributed by atoms with Gasteiger partial charge in [-0.2, -0.15) is 4.98 Å². The minimum absolute atomic E-state index is 0.0209. The van der Waals surface area contributed by atoms with E-state index in [4.69, 9.17) is 21.1 Å². The third-order valence-corrected chi connectivity index (χ3v) is 4.57. The standard InChI is InChI=1S/C14H16BrClN6O4/c1-8-11(22(23)24)13(20-21(8)9-6-25-7-9)26-4-2-3-17-12-10(15)5-18-14(16)19-12/h5,9H,2-4,6-7H2,1H3,(H,17,18,19). The number of hydrogen-bond donors (Lipinski definition) is 1. The van der Waals surface area contributed by atoms with E-state index in [1.54, 1.807) is 17.8 Å². The number of nitro groups is 1. The van der Waals surface area contributed by atoms with Gasteiger partial charge in [0.05, 0.1) is 35.3 Å². The van der Waals surface area contributed by atoms with Gasteiger partial charge < -0.3 is 14.8 Å². The summed E-state index contributed by atoms with van der Waals surface area (Å²) in [5.74, 6) is 0.603. The van der Waals surface area contributed by atoms with Gasteiger partial charge in [0, 0.05) is 12.7 Å². The quantitative estimate of drug-likeness (QED) is 0.284. The van der Waals surface area contributed by atoms with Crippen LogP contribution in [-0.2, 0) is 4.74 Å². The van der Waals surface area contributed by atoms with Crippen LogP contribution in [0, 0.1) is 17.0 Å². The Bertz CT molecular complexity index is 813. The van der Waals surface area contributed by atoms with Gasteiger partial charge >= 0.3 is 11.6 Å². The molecular weight excluding hydrogens is 432 g/mol. The van der Waals surface area contributed by atoms with Crippen LogP contribution >= 0.6 is 27.5 Å². The van der Waals surface area contributed by atoms with Gasteiger partial charge in [-0.1, -0.05) is 0 Å². The van der Waals surface area contributed by atoms with Crippen molar-refractivity contribution >= 4 is 39.0 Å². The lowest BCUT2D eigenvalue weighted by molar-refractivity contribution is -0.386. The van der Waals surface area contributed by atoms with Crippen molar-refractivity contribution in [3.63, 3.8) is 0 Å². The van der Waals surface area contributed by atoms with Crippen molar-refractivity contribution in [1.29, 1.82) is 0 Å². The van der Waals surface area contributed by atoms with Crippen LogP contribution in [0.25, 0.3) is 0 Å². The molecule has 1 aliphatic rings. The zero-order valence-corrected chi connectivity index (χ0v) is 16.2. The van der Waals surface area contributed by atoms with Crippen molar-refractivity contribution in [2.75, 3.05) is 31.7 Å². The molecule has 0 aromatic carbocycles. The topological polar surface area (TPSA) is 117 Å². The highest BCUT2D eigenvalue weighted by molar-refractivity contribution is 9.10. The normalized spacial score (nSPS) is 14.1. The summed E-state index contributed by atoms with van der Waals surface area (Å²) in [5.41, 5.74) is 0.367. The average molecular weight is 448 g/mol. The lowest BCUT2D eigenvalue weighted by Crippen LogP contribution is -2.32. The van der Waals surface area contributed by atoms with Crippen LogP contribution in [0.2, 0.25) is 5.28 Å². The summed E-state index contributed by atoms with van der Waals surface area (Å²) in [6.07, 6.45) is 2.14. The number of hydrogen-bond acceptors (Lipinski definition) is 8. The van der Waals surface area contributed by atoms with E-state index < -0.39 is 4.92 Å². The molecule has 26 heavy (non-hydrogen) atoms. The van der Waals surface area contributed by atoms with Crippen molar-refractivity contribution in [3.05, 3.63) is 31.8 Å². The molecule has 1 saturated heterocycles. The maximum Gasteiger partial charge on any atom is 0.352 e. The fourth-order valence-corrected chi connectivity index (χ4v) is 2.89. The Labute approximate surface area is 162 Å². The van der Waals surface area contributed by atoms with Crippen LogP contribution in [0.5, 0.6) is 5.88 Å². The molecule has 0 atom stereocenters. The zero-order chi connectivity index (χ0) is 18.7. The molecule has 3 heterocycles. The Morgan fingerprint density at radius 3 is 3.00 bits per heavy atom. The smallest absolute Gasteiger partial charge is 0.352 e. The lowest BCUT2D eigenvalue weighted by atomic mass is 10.2. The lowest BCUT2D eigenvalue weighted by Gasteiger charge is -2.26. The third-order valence-electron chi connectivity index (χ3n) is 3.80. The Morgan fingerprint density at radius 2 is 2.35 bits per heavy atom. The molecule has 0 amide bonds. The Kier molecular flexibility index (Phi) is 5.89. The molecule has 1 N–H and O–H groups in total. The summed E-state index contributed by atoms with van der Waals surface area (Å²) in [5, 5.41) is 18.8. The molecular formula is C14H16BrClN6O4. The molecule has 0 spiro atoms. The van der Waals surface area contributed by atoms with Gasteiger partial charge in [-0.05, 0) is 40.9 Å². The van der Waals surface area contributed by atoms with E-state index in [2.05, 4.69) is 36.3 Å². The van der Waals surface area contributed by atoms with Crippen LogP contribution in [0.3, 0.4) is 0 Å². The van der Waals surface area contributed by atoms with Crippen molar-refractivity contribution in [3.8, 4) is 5.88 Å². The molecule has 1 fully saturated rings. The van der Waals surface area contributed by atoms with Gasteiger partial charge in [0.15, 0.2) is 0 Å². The molecule has 10 nitrogen and oxygen atoms in total. The molecule has 12 heteroatoms. The molecule has 0 unspecified atom stereocenters. The Hall–Kier alpha value is -1.98. The predicted molar refractivity (Wildman–Crippen MR) is 96.8 cm³/mol. The summed E-state index contributed by atoms with van der Waals surface area (Å²) in [6.45, 7) is 3.46. The number of rotatable bonds is 8. The number of ether oxygens (including phenoxy) is 2. The van der Waals surface area contributed by atoms with Crippen molar-refractivity contribution in [2.24, 2.45) is 0 Å². The molecule has 1 aliphatic heterocycles. The van der Waals surface area contributed by atoms with Gasteiger partial charge in [-0.25, -0.2) is 4.98 Å². The van der Waals surface area contributed by atoms with E-state index in [-0.39, 0.29) is 29.5 Å². The maximum absolute atomic E-state index is 11.3. The van der Waals surface area contributed by atoms with E-state index in [0.717, 1.165) is 0 Å². The summed E-state index contributed by atoms with van der Waals surface area (Å²) >= 11 is 9.08. The van der Waals surface area contributed by atoms with E-state index in [1.807, 2.05) is 0 Å². The second-order valence-electron chi connectivity index (χ2n) is 5.60. The summed E-state index contributed by atoms with van der Waals surface area (Å²) in [4.78, 5) is 18.8. The van der Waals surface area contributed by atoms with E-state index in [1.165, 1.54) is 0 Å². The first-order valence-corrected chi connectivity index (χ1v) is 9.00.